The van der Waals surface area contributed by atoms with Crippen molar-refractivity contribution in [2.75, 3.05) is 11.9 Å². The zero-order valence-corrected chi connectivity index (χ0v) is 13.6. The molecule has 0 radical (unpaired) electrons. The van der Waals surface area contributed by atoms with E-state index >= 15 is 0 Å². The molecule has 0 saturated heterocycles. The molecule has 1 aromatic heterocycles. The fourth-order valence-corrected chi connectivity index (χ4v) is 2.63. The molecule has 1 fully saturated rings. The van der Waals surface area contributed by atoms with Gasteiger partial charge in [0.25, 0.3) is 0 Å². The van der Waals surface area contributed by atoms with Gasteiger partial charge in [0.2, 0.25) is 5.91 Å². The van der Waals surface area contributed by atoms with Gasteiger partial charge in [0.05, 0.1) is 10.6 Å². The van der Waals surface area contributed by atoms with Crippen LogP contribution in [0.5, 0.6) is 0 Å². The number of rotatable bonds is 6. The molecule has 4 N–H and O–H groups in total. The molecule has 3 rings (SSSR count). The molecule has 24 heavy (non-hydrogen) atoms. The Morgan fingerprint density at radius 1 is 1.38 bits per heavy atom. The van der Waals surface area contributed by atoms with E-state index in [9.17, 15) is 9.59 Å². The summed E-state index contributed by atoms with van der Waals surface area (Å²) in [6, 6.07) is 4.15. The van der Waals surface area contributed by atoms with E-state index in [4.69, 9.17) is 17.3 Å². The molecule has 1 aromatic carbocycles. The second kappa shape index (κ2) is 6.88. The van der Waals surface area contributed by atoms with Gasteiger partial charge in [-0.05, 0) is 31.0 Å². The van der Waals surface area contributed by atoms with E-state index in [2.05, 4.69) is 20.8 Å². The molecule has 1 heterocycles. The molecular formula is C15H17ClN6O2. The summed E-state index contributed by atoms with van der Waals surface area (Å²) >= 11 is 5.94. The van der Waals surface area contributed by atoms with E-state index in [1.165, 1.54) is 12.1 Å². The van der Waals surface area contributed by atoms with Gasteiger partial charge in [-0.3, -0.25) is 4.79 Å². The summed E-state index contributed by atoms with van der Waals surface area (Å²) in [5.74, 6) is 0.870. The molecule has 0 atom stereocenters. The number of nitrogens with one attached hydrogen (secondary N) is 2. The van der Waals surface area contributed by atoms with Crippen LogP contribution in [0.25, 0.3) is 0 Å². The fraction of sp³-hybridized carbons (Fsp3) is 0.333. The summed E-state index contributed by atoms with van der Waals surface area (Å²) in [7, 11) is 0. The Labute approximate surface area is 143 Å². The van der Waals surface area contributed by atoms with Crippen LogP contribution in [-0.4, -0.2) is 33.2 Å². The minimum Gasteiger partial charge on any atom is -0.366 e. The monoisotopic (exact) mass is 348 g/mol. The summed E-state index contributed by atoms with van der Waals surface area (Å²) in [6.07, 6.45) is 3.97. The van der Waals surface area contributed by atoms with Gasteiger partial charge in [0, 0.05) is 24.7 Å². The predicted octanol–water partition coefficient (Wildman–Crippen LogP) is 1.73. The first kappa shape index (κ1) is 16.3. The Hall–Kier alpha value is -2.61. The summed E-state index contributed by atoms with van der Waals surface area (Å²) in [4.78, 5) is 23.0. The number of anilines is 1. The van der Waals surface area contributed by atoms with Crippen molar-refractivity contribution < 1.29 is 9.59 Å². The fourth-order valence-electron chi connectivity index (χ4n) is 2.35. The number of carbonyl (C=O) groups excluding carboxylic acids is 2. The highest BCUT2D eigenvalue weighted by molar-refractivity contribution is 6.34. The largest absolute Gasteiger partial charge is 0.366 e. The van der Waals surface area contributed by atoms with Crippen molar-refractivity contribution >= 4 is 29.2 Å². The van der Waals surface area contributed by atoms with Crippen LogP contribution in [0.3, 0.4) is 0 Å². The molecular weight excluding hydrogens is 332 g/mol. The van der Waals surface area contributed by atoms with Crippen LogP contribution >= 0.6 is 11.6 Å². The summed E-state index contributed by atoms with van der Waals surface area (Å²) in [5, 5.41) is 13.6. The van der Waals surface area contributed by atoms with Crippen LogP contribution in [0, 0.1) is 0 Å². The van der Waals surface area contributed by atoms with Gasteiger partial charge in [0.15, 0.2) is 0 Å². The van der Waals surface area contributed by atoms with Gasteiger partial charge in [-0.2, -0.15) is 0 Å². The molecule has 1 aliphatic rings. The number of urea groups is 1. The number of hydrogen-bond acceptors (Lipinski definition) is 4. The molecule has 3 amide bonds. The summed E-state index contributed by atoms with van der Waals surface area (Å²) < 4.78 is 1.95. The number of hydrogen-bond donors (Lipinski definition) is 3. The molecule has 1 aliphatic carbocycles. The standard InChI is InChI=1S/C15H17ClN6O2/c16-12-7-10(3-4-11(12)13(17)23)20-15(24)18-5-6-22-8-19-21-14(22)9-1-2-9/h3-4,7-9H,1-2,5-6H2,(H2,17,23)(H2,18,20,24). The lowest BCUT2D eigenvalue weighted by molar-refractivity contribution is 0.100. The first-order valence-corrected chi connectivity index (χ1v) is 7.94. The molecule has 8 nitrogen and oxygen atoms in total. The predicted molar refractivity (Wildman–Crippen MR) is 89.0 cm³/mol. The highest BCUT2D eigenvalue weighted by Crippen LogP contribution is 2.38. The molecule has 126 valence electrons. The third-order valence-electron chi connectivity index (χ3n) is 3.72. The number of primary amides is 1. The second-order valence-electron chi connectivity index (χ2n) is 5.60. The molecule has 2 aromatic rings. The number of carbonyl (C=O) groups is 2. The van der Waals surface area contributed by atoms with E-state index in [0.717, 1.165) is 18.7 Å². The van der Waals surface area contributed by atoms with Crippen molar-refractivity contribution in [2.45, 2.75) is 25.3 Å². The number of nitrogens with zero attached hydrogens (tertiary/aromatic N) is 3. The van der Waals surface area contributed by atoms with Crippen LogP contribution in [0.15, 0.2) is 24.5 Å². The van der Waals surface area contributed by atoms with Crippen molar-refractivity contribution in [2.24, 2.45) is 5.73 Å². The van der Waals surface area contributed by atoms with Crippen LogP contribution in [0.2, 0.25) is 5.02 Å². The highest BCUT2D eigenvalue weighted by Gasteiger charge is 2.28. The second-order valence-corrected chi connectivity index (χ2v) is 6.00. The topological polar surface area (TPSA) is 115 Å². The van der Waals surface area contributed by atoms with Gasteiger partial charge < -0.3 is 20.9 Å². The SMILES string of the molecule is NC(=O)c1ccc(NC(=O)NCCn2cnnc2C2CC2)cc1Cl. The van der Waals surface area contributed by atoms with Gasteiger partial charge in [0.1, 0.15) is 12.2 Å². The minimum absolute atomic E-state index is 0.193. The van der Waals surface area contributed by atoms with E-state index < -0.39 is 5.91 Å². The molecule has 0 spiro atoms. The average Bonchev–Trinajstić information content (AvgIpc) is 3.26. The van der Waals surface area contributed by atoms with Gasteiger partial charge in [-0.25, -0.2) is 4.79 Å². The van der Waals surface area contributed by atoms with Crippen molar-refractivity contribution in [3.8, 4) is 0 Å². The smallest absolute Gasteiger partial charge is 0.319 e. The third kappa shape index (κ3) is 3.83. The molecule has 0 aliphatic heterocycles. The van der Waals surface area contributed by atoms with Crippen LogP contribution < -0.4 is 16.4 Å². The maximum absolute atomic E-state index is 11.9. The first-order valence-electron chi connectivity index (χ1n) is 7.56. The van der Waals surface area contributed by atoms with E-state index in [1.54, 1.807) is 12.4 Å². The Morgan fingerprint density at radius 3 is 2.83 bits per heavy atom. The van der Waals surface area contributed by atoms with Crippen molar-refractivity contribution in [3.63, 3.8) is 0 Å². The van der Waals surface area contributed by atoms with Crippen molar-refractivity contribution in [1.29, 1.82) is 0 Å². The lowest BCUT2D eigenvalue weighted by Gasteiger charge is -2.10. The van der Waals surface area contributed by atoms with Gasteiger partial charge >= 0.3 is 6.03 Å². The lowest BCUT2D eigenvalue weighted by atomic mass is 10.2. The van der Waals surface area contributed by atoms with Gasteiger partial charge in [-0.15, -0.1) is 10.2 Å². The number of aromatic nitrogens is 3. The van der Waals surface area contributed by atoms with Crippen LogP contribution in [-0.2, 0) is 6.54 Å². The highest BCUT2D eigenvalue weighted by atomic mass is 35.5. The maximum atomic E-state index is 11.9. The van der Waals surface area contributed by atoms with Crippen molar-refractivity contribution in [1.82, 2.24) is 20.1 Å². The first-order chi connectivity index (χ1) is 11.5. The van der Waals surface area contributed by atoms with E-state index in [1.807, 2.05) is 4.57 Å². The molecule has 9 heteroatoms. The lowest BCUT2D eigenvalue weighted by Crippen LogP contribution is -2.31. The van der Waals surface area contributed by atoms with Crippen LogP contribution in [0.1, 0.15) is 34.9 Å². The third-order valence-corrected chi connectivity index (χ3v) is 4.03. The van der Waals surface area contributed by atoms with Crippen molar-refractivity contribution in [3.05, 3.63) is 40.9 Å². The number of amides is 3. The Kier molecular flexibility index (Phi) is 4.66. The number of benzene rings is 1. The van der Waals surface area contributed by atoms with Crippen LogP contribution in [0.4, 0.5) is 10.5 Å². The number of halogens is 1. The summed E-state index contributed by atoms with van der Waals surface area (Å²) in [5.41, 5.74) is 5.87. The maximum Gasteiger partial charge on any atom is 0.319 e. The number of nitrogens with two attached hydrogens (primary N) is 1. The zero-order valence-electron chi connectivity index (χ0n) is 12.8. The van der Waals surface area contributed by atoms with Gasteiger partial charge in [-0.1, -0.05) is 11.6 Å². The average molecular weight is 349 g/mol. The quantitative estimate of drug-likeness (QED) is 0.737. The molecule has 1 saturated carbocycles. The van der Waals surface area contributed by atoms with E-state index in [-0.39, 0.29) is 16.6 Å². The normalized spacial score (nSPS) is 13.5. The Bertz CT molecular complexity index is 771. The Morgan fingerprint density at radius 2 is 2.17 bits per heavy atom. The van der Waals surface area contributed by atoms with E-state index in [0.29, 0.717) is 24.7 Å². The summed E-state index contributed by atoms with van der Waals surface area (Å²) in [6.45, 7) is 1.05. The minimum atomic E-state index is -0.614. The zero-order chi connectivity index (χ0) is 17.1. The molecule has 0 unspecified atom stereocenters. The molecule has 0 bridgehead atoms. The Balaban J connectivity index is 1.49.